The molecule has 1 N–H and O–H groups in total. The van der Waals surface area contributed by atoms with Gasteiger partial charge in [0.1, 0.15) is 11.8 Å². The first-order chi connectivity index (χ1) is 11.7. The summed E-state index contributed by atoms with van der Waals surface area (Å²) in [7, 11) is 0. The molecule has 3 aromatic rings. The molecule has 0 aliphatic carbocycles. The molecule has 1 aromatic carbocycles. The zero-order valence-electron chi connectivity index (χ0n) is 13.7. The Kier molecular flexibility index (Phi) is 4.18. The van der Waals surface area contributed by atoms with Crippen LogP contribution in [0.5, 0.6) is 0 Å². The number of hydrogen-bond acceptors (Lipinski definition) is 3. The molecule has 0 amide bonds. The third kappa shape index (κ3) is 2.80. The Hall–Kier alpha value is -3.31. The summed E-state index contributed by atoms with van der Waals surface area (Å²) < 4.78 is 2.23. The molecular formula is C19H17N5. The number of hydrogen-bond donors (Lipinski definition) is 1. The number of aromatic amines is 1. The Bertz CT molecular complexity index is 945. The van der Waals surface area contributed by atoms with Crippen molar-refractivity contribution < 1.29 is 0 Å². The number of aromatic nitrogens is 3. The Balaban J connectivity index is 1.99. The highest BCUT2D eigenvalue weighted by molar-refractivity contribution is 5.68. The highest BCUT2D eigenvalue weighted by atomic mass is 15.1. The van der Waals surface area contributed by atoms with E-state index >= 15 is 0 Å². The van der Waals surface area contributed by atoms with Gasteiger partial charge in [0, 0.05) is 17.0 Å². The van der Waals surface area contributed by atoms with Gasteiger partial charge in [-0.05, 0) is 43.2 Å². The van der Waals surface area contributed by atoms with E-state index < -0.39 is 0 Å². The normalized spacial score (nSPS) is 10.3. The SMILES string of the molecule is CCc1cc(-c2ccc(C#N)cc2)c(C)n1Cc1cc(C#N)[nH]n1. The predicted molar refractivity (Wildman–Crippen MR) is 91.1 cm³/mol. The summed E-state index contributed by atoms with van der Waals surface area (Å²) in [5.41, 5.74) is 6.59. The molecule has 5 nitrogen and oxygen atoms in total. The van der Waals surface area contributed by atoms with Crippen molar-refractivity contribution >= 4 is 0 Å². The summed E-state index contributed by atoms with van der Waals surface area (Å²) in [6, 6.07) is 15.8. The lowest BCUT2D eigenvalue weighted by molar-refractivity contribution is 0.709. The number of aryl methyl sites for hydroxylation is 1. The molecule has 0 fully saturated rings. The Morgan fingerprint density at radius 2 is 1.88 bits per heavy atom. The molecule has 0 aliphatic heterocycles. The molecule has 0 unspecified atom stereocenters. The van der Waals surface area contributed by atoms with Crippen LogP contribution in [0.15, 0.2) is 36.4 Å². The summed E-state index contributed by atoms with van der Waals surface area (Å²) in [5.74, 6) is 0. The van der Waals surface area contributed by atoms with Crippen molar-refractivity contribution in [2.45, 2.75) is 26.8 Å². The first kappa shape index (κ1) is 15.6. The van der Waals surface area contributed by atoms with E-state index in [4.69, 9.17) is 10.5 Å². The zero-order valence-corrected chi connectivity index (χ0v) is 13.7. The molecule has 24 heavy (non-hydrogen) atoms. The molecule has 3 rings (SSSR count). The van der Waals surface area contributed by atoms with Gasteiger partial charge < -0.3 is 4.57 Å². The van der Waals surface area contributed by atoms with Crippen LogP contribution in [0.2, 0.25) is 0 Å². The van der Waals surface area contributed by atoms with E-state index in [1.54, 1.807) is 6.07 Å². The highest BCUT2D eigenvalue weighted by Gasteiger charge is 2.14. The van der Waals surface area contributed by atoms with Crippen molar-refractivity contribution in [2.75, 3.05) is 0 Å². The van der Waals surface area contributed by atoms with Crippen molar-refractivity contribution in [3.8, 4) is 23.3 Å². The Labute approximate surface area is 140 Å². The molecule has 0 saturated carbocycles. The van der Waals surface area contributed by atoms with Gasteiger partial charge in [0.25, 0.3) is 0 Å². The van der Waals surface area contributed by atoms with E-state index in [1.807, 2.05) is 24.3 Å². The van der Waals surface area contributed by atoms with E-state index in [9.17, 15) is 0 Å². The van der Waals surface area contributed by atoms with Crippen molar-refractivity contribution in [2.24, 2.45) is 0 Å². The number of nitrogens with zero attached hydrogens (tertiary/aromatic N) is 4. The van der Waals surface area contributed by atoms with Gasteiger partial charge in [-0.25, -0.2) is 0 Å². The second-order valence-electron chi connectivity index (χ2n) is 5.65. The number of rotatable bonds is 4. The van der Waals surface area contributed by atoms with Gasteiger partial charge in [-0.15, -0.1) is 0 Å². The van der Waals surface area contributed by atoms with Crippen LogP contribution in [0.25, 0.3) is 11.1 Å². The Morgan fingerprint density at radius 3 is 2.46 bits per heavy atom. The molecule has 0 radical (unpaired) electrons. The number of nitrogens with one attached hydrogen (secondary N) is 1. The van der Waals surface area contributed by atoms with Crippen molar-refractivity contribution in [1.82, 2.24) is 14.8 Å². The lowest BCUT2D eigenvalue weighted by Gasteiger charge is -2.09. The maximum Gasteiger partial charge on any atom is 0.135 e. The molecule has 2 aromatic heterocycles. The average molecular weight is 315 g/mol. The molecule has 118 valence electrons. The smallest absolute Gasteiger partial charge is 0.135 e. The Morgan fingerprint density at radius 1 is 1.12 bits per heavy atom. The van der Waals surface area contributed by atoms with Gasteiger partial charge in [0.05, 0.1) is 23.9 Å². The number of benzene rings is 1. The highest BCUT2D eigenvalue weighted by Crippen LogP contribution is 2.28. The molecule has 2 heterocycles. The fourth-order valence-corrected chi connectivity index (χ4v) is 2.90. The summed E-state index contributed by atoms with van der Waals surface area (Å²) in [6.45, 7) is 4.84. The summed E-state index contributed by atoms with van der Waals surface area (Å²) in [6.07, 6.45) is 0.909. The minimum Gasteiger partial charge on any atom is -0.342 e. The molecule has 5 heteroatoms. The van der Waals surface area contributed by atoms with Crippen molar-refractivity contribution in [3.63, 3.8) is 0 Å². The van der Waals surface area contributed by atoms with Crippen LogP contribution in [0.1, 0.15) is 35.3 Å². The maximum atomic E-state index is 8.94. The van der Waals surface area contributed by atoms with E-state index in [0.29, 0.717) is 17.8 Å². The van der Waals surface area contributed by atoms with Gasteiger partial charge in [0.15, 0.2) is 0 Å². The second kappa shape index (κ2) is 6.44. The summed E-state index contributed by atoms with van der Waals surface area (Å²) in [5, 5.41) is 24.8. The molecular weight excluding hydrogens is 298 g/mol. The van der Waals surface area contributed by atoms with Crippen LogP contribution in [-0.4, -0.2) is 14.8 Å². The summed E-state index contributed by atoms with van der Waals surface area (Å²) >= 11 is 0. The number of nitriles is 2. The molecule has 0 aliphatic rings. The van der Waals surface area contributed by atoms with E-state index in [0.717, 1.165) is 28.9 Å². The van der Waals surface area contributed by atoms with Crippen LogP contribution in [0.4, 0.5) is 0 Å². The third-order valence-corrected chi connectivity index (χ3v) is 4.21. The standard InChI is InChI=1S/C19H17N5/c1-3-18-9-19(15-6-4-14(10-20)5-7-15)13(2)24(18)12-17-8-16(11-21)22-23-17/h4-9H,3,12H2,1-2H3,(H,22,23). The van der Waals surface area contributed by atoms with Crippen LogP contribution in [-0.2, 0) is 13.0 Å². The first-order valence-electron chi connectivity index (χ1n) is 7.80. The average Bonchev–Trinajstić information content (AvgIpc) is 3.20. The zero-order chi connectivity index (χ0) is 17.1. The van der Waals surface area contributed by atoms with Crippen LogP contribution in [0, 0.1) is 29.6 Å². The second-order valence-corrected chi connectivity index (χ2v) is 5.65. The quantitative estimate of drug-likeness (QED) is 0.799. The summed E-state index contributed by atoms with van der Waals surface area (Å²) in [4.78, 5) is 0. The van der Waals surface area contributed by atoms with Gasteiger partial charge in [-0.2, -0.15) is 15.6 Å². The molecule has 0 bridgehead atoms. The van der Waals surface area contributed by atoms with Crippen LogP contribution in [0.3, 0.4) is 0 Å². The fraction of sp³-hybridized carbons (Fsp3) is 0.211. The monoisotopic (exact) mass is 315 g/mol. The van der Waals surface area contributed by atoms with Gasteiger partial charge >= 0.3 is 0 Å². The van der Waals surface area contributed by atoms with E-state index in [1.165, 1.54) is 5.69 Å². The van der Waals surface area contributed by atoms with Crippen molar-refractivity contribution in [3.05, 3.63) is 64.7 Å². The minimum atomic E-state index is 0.472. The van der Waals surface area contributed by atoms with E-state index in [-0.39, 0.29) is 0 Å². The third-order valence-electron chi connectivity index (χ3n) is 4.21. The van der Waals surface area contributed by atoms with E-state index in [2.05, 4.69) is 46.8 Å². The molecule has 0 spiro atoms. The van der Waals surface area contributed by atoms with Crippen LogP contribution >= 0.6 is 0 Å². The van der Waals surface area contributed by atoms with Crippen LogP contribution < -0.4 is 0 Å². The largest absolute Gasteiger partial charge is 0.342 e. The van der Waals surface area contributed by atoms with Gasteiger partial charge in [-0.1, -0.05) is 19.1 Å². The molecule has 0 atom stereocenters. The minimum absolute atomic E-state index is 0.472. The predicted octanol–water partition coefficient (Wildman–Crippen LogP) is 3.54. The molecule has 0 saturated heterocycles. The fourth-order valence-electron chi connectivity index (χ4n) is 2.90. The topological polar surface area (TPSA) is 81.2 Å². The van der Waals surface area contributed by atoms with Gasteiger partial charge in [-0.3, -0.25) is 5.10 Å². The lowest BCUT2D eigenvalue weighted by Crippen LogP contribution is -2.06. The maximum absolute atomic E-state index is 8.94. The van der Waals surface area contributed by atoms with Gasteiger partial charge in [0.2, 0.25) is 0 Å². The lowest BCUT2D eigenvalue weighted by atomic mass is 10.0. The van der Waals surface area contributed by atoms with Crippen molar-refractivity contribution in [1.29, 1.82) is 10.5 Å². The number of H-pyrrole nitrogens is 1. The first-order valence-corrected chi connectivity index (χ1v) is 7.80.